The van der Waals surface area contributed by atoms with E-state index in [0.717, 1.165) is 0 Å². The molecule has 0 bridgehead atoms. The molecule has 3 nitrogen and oxygen atoms in total. The van der Waals surface area contributed by atoms with E-state index in [1.165, 1.54) is 6.20 Å². The zero-order valence-electron chi connectivity index (χ0n) is 6.20. The maximum absolute atomic E-state index is 11.0. The Hall–Kier alpha value is -1.38. The summed E-state index contributed by atoms with van der Waals surface area (Å²) < 4.78 is 4.74. The number of ether oxygens (including phenoxy) is 1. The predicted molar refractivity (Wildman–Crippen MR) is 39.0 cm³/mol. The fourth-order valence-electron chi connectivity index (χ4n) is 0.655. The van der Waals surface area contributed by atoms with E-state index < -0.39 is 0 Å². The van der Waals surface area contributed by atoms with Gasteiger partial charge in [0.15, 0.2) is 0 Å². The van der Waals surface area contributed by atoms with Gasteiger partial charge in [0.05, 0.1) is 18.4 Å². The molecule has 57 valence electrons. The first kappa shape index (κ1) is 7.72. The zero-order chi connectivity index (χ0) is 8.10. The molecular weight excluding hydrogens is 142 g/mol. The topological polar surface area (TPSA) is 39.2 Å². The van der Waals surface area contributed by atoms with E-state index in [9.17, 15) is 4.79 Å². The average molecular weight is 150 g/mol. The molecule has 1 aromatic rings. The monoisotopic (exact) mass is 150 g/mol. The number of hydrogen-bond acceptors (Lipinski definition) is 3. The molecule has 0 N–H and O–H groups in total. The van der Waals surface area contributed by atoms with Crippen LogP contribution in [0.1, 0.15) is 17.3 Å². The van der Waals surface area contributed by atoms with Gasteiger partial charge in [-0.25, -0.2) is 4.79 Å². The van der Waals surface area contributed by atoms with Crippen molar-refractivity contribution in [3.05, 3.63) is 30.1 Å². The fraction of sp³-hybridized carbons (Fsp3) is 0.250. The van der Waals surface area contributed by atoms with Gasteiger partial charge in [-0.3, -0.25) is 4.98 Å². The van der Waals surface area contributed by atoms with Crippen molar-refractivity contribution in [2.45, 2.75) is 6.92 Å². The highest BCUT2D eigenvalue weighted by Gasteiger charge is 2.03. The van der Waals surface area contributed by atoms with E-state index in [1.807, 2.05) is 0 Å². The van der Waals surface area contributed by atoms with Crippen molar-refractivity contribution in [1.29, 1.82) is 0 Å². The van der Waals surface area contributed by atoms with E-state index in [4.69, 9.17) is 4.74 Å². The fourth-order valence-corrected chi connectivity index (χ4v) is 0.655. The molecule has 0 aromatic carbocycles. The number of aromatic nitrogens is 1. The number of rotatable bonds is 2. The Kier molecular flexibility index (Phi) is 2.60. The van der Waals surface area contributed by atoms with Gasteiger partial charge in [0.25, 0.3) is 0 Å². The van der Waals surface area contributed by atoms with Crippen LogP contribution in [0.3, 0.4) is 0 Å². The van der Waals surface area contributed by atoms with Crippen LogP contribution in [-0.2, 0) is 4.74 Å². The molecule has 1 aromatic heterocycles. The summed E-state index contributed by atoms with van der Waals surface area (Å²) in [5.41, 5.74) is 0.464. The lowest BCUT2D eigenvalue weighted by Crippen LogP contribution is -2.04. The highest BCUT2D eigenvalue weighted by atomic mass is 16.5. The molecule has 0 fully saturated rings. The van der Waals surface area contributed by atoms with Crippen molar-refractivity contribution >= 4 is 5.97 Å². The number of hydrogen-bond donors (Lipinski definition) is 0. The van der Waals surface area contributed by atoms with Crippen LogP contribution < -0.4 is 0 Å². The van der Waals surface area contributed by atoms with Gasteiger partial charge < -0.3 is 4.74 Å². The number of nitrogens with zero attached hydrogens (tertiary/aromatic N) is 1. The molecule has 0 aliphatic rings. The van der Waals surface area contributed by atoms with Crippen LogP contribution in [0, 0.1) is 6.20 Å². The molecule has 1 rings (SSSR count). The van der Waals surface area contributed by atoms with Crippen LogP contribution in [0.25, 0.3) is 0 Å². The van der Waals surface area contributed by atoms with E-state index in [-0.39, 0.29) is 5.97 Å². The van der Waals surface area contributed by atoms with E-state index >= 15 is 0 Å². The summed E-state index contributed by atoms with van der Waals surface area (Å²) >= 11 is 0. The van der Waals surface area contributed by atoms with Crippen molar-refractivity contribution in [3.8, 4) is 0 Å². The number of esters is 1. The van der Waals surface area contributed by atoms with Crippen LogP contribution in [0.15, 0.2) is 18.3 Å². The molecule has 3 heteroatoms. The van der Waals surface area contributed by atoms with Gasteiger partial charge >= 0.3 is 5.97 Å². The van der Waals surface area contributed by atoms with Crippen molar-refractivity contribution in [3.63, 3.8) is 0 Å². The van der Waals surface area contributed by atoms with Gasteiger partial charge in [0, 0.05) is 6.20 Å². The second-order valence-electron chi connectivity index (χ2n) is 1.90. The lowest BCUT2D eigenvalue weighted by molar-refractivity contribution is 0.0526. The molecule has 0 aliphatic heterocycles. The lowest BCUT2D eigenvalue weighted by Gasteiger charge is -1.98. The molecule has 11 heavy (non-hydrogen) atoms. The van der Waals surface area contributed by atoms with Gasteiger partial charge in [-0.1, -0.05) is 0 Å². The molecule has 1 heterocycles. The maximum atomic E-state index is 11.0. The van der Waals surface area contributed by atoms with Crippen molar-refractivity contribution in [1.82, 2.24) is 4.98 Å². The second kappa shape index (κ2) is 3.71. The molecule has 0 unspecified atom stereocenters. The molecule has 0 aliphatic carbocycles. The van der Waals surface area contributed by atoms with Crippen molar-refractivity contribution in [2.24, 2.45) is 0 Å². The van der Waals surface area contributed by atoms with Crippen LogP contribution >= 0.6 is 0 Å². The Bertz CT molecular complexity index is 233. The quantitative estimate of drug-likeness (QED) is 0.592. The van der Waals surface area contributed by atoms with Gasteiger partial charge in [0.2, 0.25) is 0 Å². The van der Waals surface area contributed by atoms with Crippen LogP contribution in [0.2, 0.25) is 0 Å². The summed E-state index contributed by atoms with van der Waals surface area (Å²) in [6.45, 7) is 2.15. The van der Waals surface area contributed by atoms with Crippen LogP contribution in [0.4, 0.5) is 0 Å². The minimum atomic E-state index is -0.339. The van der Waals surface area contributed by atoms with Crippen LogP contribution in [-0.4, -0.2) is 17.6 Å². The van der Waals surface area contributed by atoms with Gasteiger partial charge in [0.1, 0.15) is 0 Å². The van der Waals surface area contributed by atoms with Gasteiger partial charge in [-0.05, 0) is 19.1 Å². The summed E-state index contributed by atoms with van der Waals surface area (Å²) in [6, 6.07) is 3.19. The van der Waals surface area contributed by atoms with Gasteiger partial charge in [-0.15, -0.1) is 0 Å². The molecular formula is C8H8NO2. The summed E-state index contributed by atoms with van der Waals surface area (Å²) in [5, 5.41) is 0. The summed E-state index contributed by atoms with van der Waals surface area (Å²) in [4.78, 5) is 14.6. The molecule has 0 atom stereocenters. The SMILES string of the molecule is CCOC(=O)c1cc[c]nc1. The Morgan fingerprint density at radius 3 is 3.18 bits per heavy atom. The van der Waals surface area contributed by atoms with E-state index in [0.29, 0.717) is 12.2 Å². The predicted octanol–water partition coefficient (Wildman–Crippen LogP) is 1.06. The lowest BCUT2D eigenvalue weighted by atomic mass is 10.3. The van der Waals surface area contributed by atoms with Gasteiger partial charge in [-0.2, -0.15) is 0 Å². The van der Waals surface area contributed by atoms with E-state index in [1.54, 1.807) is 19.1 Å². The zero-order valence-corrected chi connectivity index (χ0v) is 6.20. The molecule has 0 saturated heterocycles. The Morgan fingerprint density at radius 1 is 1.82 bits per heavy atom. The molecule has 1 radical (unpaired) electrons. The highest BCUT2D eigenvalue weighted by molar-refractivity contribution is 5.88. The Balaban J connectivity index is 2.69. The summed E-state index contributed by atoms with van der Waals surface area (Å²) in [7, 11) is 0. The largest absolute Gasteiger partial charge is 0.462 e. The third kappa shape index (κ3) is 2.04. The molecule has 0 saturated carbocycles. The third-order valence-electron chi connectivity index (χ3n) is 1.13. The first-order chi connectivity index (χ1) is 5.34. The standard InChI is InChI=1S/C8H8NO2/c1-2-11-8(10)7-4-3-5-9-6-7/h3-4,6H,2H2,1H3. The highest BCUT2D eigenvalue weighted by Crippen LogP contribution is 1.97. The normalized spacial score (nSPS) is 9.18. The number of pyridine rings is 1. The molecule has 0 spiro atoms. The third-order valence-corrected chi connectivity index (χ3v) is 1.13. The Labute approximate surface area is 65.0 Å². The smallest absolute Gasteiger partial charge is 0.339 e. The minimum absolute atomic E-state index is 0.339. The van der Waals surface area contributed by atoms with Crippen molar-refractivity contribution < 1.29 is 9.53 Å². The minimum Gasteiger partial charge on any atom is -0.462 e. The van der Waals surface area contributed by atoms with E-state index in [2.05, 4.69) is 11.2 Å². The number of carbonyl (C=O) groups excluding carboxylic acids is 1. The molecule has 0 amide bonds. The summed E-state index contributed by atoms with van der Waals surface area (Å²) in [5.74, 6) is -0.339. The maximum Gasteiger partial charge on any atom is 0.339 e. The summed E-state index contributed by atoms with van der Waals surface area (Å²) in [6.07, 6.45) is 4.00. The van der Waals surface area contributed by atoms with Crippen molar-refractivity contribution in [2.75, 3.05) is 6.61 Å². The second-order valence-corrected chi connectivity index (χ2v) is 1.90. The average Bonchev–Trinajstić information content (AvgIpc) is 2.07. The van der Waals surface area contributed by atoms with Crippen LogP contribution in [0.5, 0.6) is 0 Å². The first-order valence-corrected chi connectivity index (χ1v) is 3.34. The number of carbonyl (C=O) groups is 1. The Morgan fingerprint density at radius 2 is 2.64 bits per heavy atom. The first-order valence-electron chi connectivity index (χ1n) is 3.34.